The minimum atomic E-state index is -3.55. The van der Waals surface area contributed by atoms with Crippen LogP contribution in [0.1, 0.15) is 28.1 Å². The summed E-state index contributed by atoms with van der Waals surface area (Å²) in [6, 6.07) is 7.21. The van der Waals surface area contributed by atoms with Gasteiger partial charge in [-0.05, 0) is 49.1 Å². The predicted molar refractivity (Wildman–Crippen MR) is 112 cm³/mol. The van der Waals surface area contributed by atoms with E-state index in [9.17, 15) is 13.2 Å². The Morgan fingerprint density at radius 1 is 1.29 bits per heavy atom. The molecule has 0 saturated heterocycles. The van der Waals surface area contributed by atoms with Crippen molar-refractivity contribution in [2.75, 3.05) is 11.9 Å². The van der Waals surface area contributed by atoms with Gasteiger partial charge in [0.1, 0.15) is 15.6 Å². The van der Waals surface area contributed by atoms with Gasteiger partial charge in [0.15, 0.2) is 5.76 Å². The molecule has 148 valence electrons. The van der Waals surface area contributed by atoms with Crippen molar-refractivity contribution in [3.63, 3.8) is 0 Å². The fourth-order valence-corrected chi connectivity index (χ4v) is 5.40. The molecule has 0 unspecified atom stereocenters. The number of amides is 1. The van der Waals surface area contributed by atoms with Crippen molar-refractivity contribution < 1.29 is 17.7 Å². The van der Waals surface area contributed by atoms with E-state index in [1.54, 1.807) is 42.5 Å². The molecule has 28 heavy (non-hydrogen) atoms. The molecule has 0 aliphatic heterocycles. The molecule has 3 aromatic heterocycles. The first-order valence-corrected chi connectivity index (χ1v) is 11.6. The smallest absolute Gasteiger partial charge is 0.250 e. The molecular formula is C18H19N3O4S3. The lowest BCUT2D eigenvalue weighted by Gasteiger charge is -2.03. The van der Waals surface area contributed by atoms with Gasteiger partial charge in [-0.3, -0.25) is 4.79 Å². The fraction of sp³-hybridized carbons (Fsp3) is 0.222. The standard InChI is InChI=1S/C18H19N3O4S3/c1-12-18(20-13(2)22)16(25-21-12)7-5-15-6-8-17(27-15)28(23,24)19-10-9-14-4-3-11-26-14/h3-8,11,19H,9-10H2,1-2H3,(H,20,22)/b7-5+. The molecule has 10 heteroatoms. The number of sulfonamides is 1. The van der Waals surface area contributed by atoms with Gasteiger partial charge >= 0.3 is 0 Å². The lowest BCUT2D eigenvalue weighted by Crippen LogP contribution is -2.25. The average Bonchev–Trinajstić information content (AvgIpc) is 3.36. The second-order valence-corrected chi connectivity index (χ2v) is 10.0. The quantitative estimate of drug-likeness (QED) is 0.559. The van der Waals surface area contributed by atoms with Crippen LogP contribution in [0.25, 0.3) is 12.2 Å². The largest absolute Gasteiger partial charge is 0.354 e. The SMILES string of the molecule is CC(=O)Nc1c(C)noc1/C=C/c1ccc(S(=O)(=O)NCCc2cccs2)s1. The molecule has 3 aromatic rings. The first-order chi connectivity index (χ1) is 13.3. The Hall–Kier alpha value is -2.27. The van der Waals surface area contributed by atoms with E-state index in [1.165, 1.54) is 6.92 Å². The Balaban J connectivity index is 1.66. The molecule has 7 nitrogen and oxygen atoms in total. The van der Waals surface area contributed by atoms with Gasteiger partial charge in [-0.1, -0.05) is 11.2 Å². The van der Waals surface area contributed by atoms with Gasteiger partial charge in [-0.2, -0.15) is 0 Å². The number of aromatic nitrogens is 1. The molecule has 2 N–H and O–H groups in total. The molecule has 0 bridgehead atoms. The molecule has 0 aromatic carbocycles. The zero-order valence-electron chi connectivity index (χ0n) is 15.3. The monoisotopic (exact) mass is 437 g/mol. The molecule has 0 spiro atoms. The molecule has 0 aliphatic rings. The Morgan fingerprint density at radius 3 is 2.82 bits per heavy atom. The molecule has 0 fully saturated rings. The highest BCUT2D eigenvalue weighted by Gasteiger charge is 2.16. The van der Waals surface area contributed by atoms with Crippen LogP contribution >= 0.6 is 22.7 Å². The van der Waals surface area contributed by atoms with Crippen molar-refractivity contribution in [1.82, 2.24) is 9.88 Å². The molecule has 0 radical (unpaired) electrons. The number of hydrogen-bond acceptors (Lipinski definition) is 7. The number of nitrogens with zero attached hydrogens (tertiary/aromatic N) is 1. The second kappa shape index (κ2) is 8.82. The summed E-state index contributed by atoms with van der Waals surface area (Å²) in [5, 5.41) is 8.48. The maximum Gasteiger partial charge on any atom is 0.250 e. The van der Waals surface area contributed by atoms with Crippen molar-refractivity contribution in [2.24, 2.45) is 0 Å². The Labute approximate surface area is 171 Å². The number of anilines is 1. The van der Waals surface area contributed by atoms with Crippen LogP contribution in [0.3, 0.4) is 0 Å². The maximum absolute atomic E-state index is 12.4. The van der Waals surface area contributed by atoms with Gasteiger partial charge in [-0.25, -0.2) is 13.1 Å². The highest BCUT2D eigenvalue weighted by Crippen LogP contribution is 2.26. The number of nitrogens with one attached hydrogen (secondary N) is 2. The van der Waals surface area contributed by atoms with Gasteiger partial charge in [0, 0.05) is 23.2 Å². The van der Waals surface area contributed by atoms with E-state index in [0.29, 0.717) is 30.1 Å². The summed E-state index contributed by atoms with van der Waals surface area (Å²) in [6.45, 7) is 3.48. The zero-order chi connectivity index (χ0) is 20.1. The minimum absolute atomic E-state index is 0.223. The summed E-state index contributed by atoms with van der Waals surface area (Å²) in [4.78, 5) is 13.2. The fourth-order valence-electron chi connectivity index (χ4n) is 2.39. The van der Waals surface area contributed by atoms with Gasteiger partial charge in [0.25, 0.3) is 0 Å². The van der Waals surface area contributed by atoms with Crippen LogP contribution < -0.4 is 10.0 Å². The van der Waals surface area contributed by atoms with Crippen LogP contribution in [-0.4, -0.2) is 26.0 Å². The minimum Gasteiger partial charge on any atom is -0.354 e. The highest BCUT2D eigenvalue weighted by molar-refractivity contribution is 7.91. The lowest BCUT2D eigenvalue weighted by molar-refractivity contribution is -0.114. The van der Waals surface area contributed by atoms with Crippen LogP contribution in [0.15, 0.2) is 38.4 Å². The summed E-state index contributed by atoms with van der Waals surface area (Å²) in [7, 11) is -3.55. The summed E-state index contributed by atoms with van der Waals surface area (Å²) < 4.78 is 32.9. The van der Waals surface area contributed by atoms with E-state index in [0.717, 1.165) is 21.1 Å². The summed E-state index contributed by atoms with van der Waals surface area (Å²) in [6.07, 6.45) is 4.03. The van der Waals surface area contributed by atoms with Crippen molar-refractivity contribution in [1.29, 1.82) is 0 Å². The van der Waals surface area contributed by atoms with E-state index >= 15 is 0 Å². The normalized spacial score (nSPS) is 11.9. The van der Waals surface area contributed by atoms with Crippen LogP contribution in [-0.2, 0) is 21.2 Å². The summed E-state index contributed by atoms with van der Waals surface area (Å²) in [5.41, 5.74) is 1.07. The third kappa shape index (κ3) is 5.16. The number of aryl methyl sites for hydroxylation is 1. The van der Waals surface area contributed by atoms with E-state index < -0.39 is 10.0 Å². The third-order valence-electron chi connectivity index (χ3n) is 3.70. The molecule has 3 heterocycles. The van der Waals surface area contributed by atoms with Crippen molar-refractivity contribution in [2.45, 2.75) is 24.5 Å². The molecular weight excluding hydrogens is 418 g/mol. The van der Waals surface area contributed by atoms with Crippen LogP contribution in [0, 0.1) is 6.92 Å². The van der Waals surface area contributed by atoms with Crippen molar-refractivity contribution in [3.8, 4) is 0 Å². The molecule has 0 atom stereocenters. The zero-order valence-corrected chi connectivity index (χ0v) is 17.7. The Morgan fingerprint density at radius 2 is 2.11 bits per heavy atom. The number of carbonyl (C=O) groups excluding carboxylic acids is 1. The van der Waals surface area contributed by atoms with Gasteiger partial charge in [0.05, 0.1) is 0 Å². The van der Waals surface area contributed by atoms with Crippen LogP contribution in [0.2, 0.25) is 0 Å². The van der Waals surface area contributed by atoms with E-state index in [2.05, 4.69) is 15.2 Å². The van der Waals surface area contributed by atoms with Gasteiger partial charge < -0.3 is 9.84 Å². The molecule has 0 saturated carbocycles. The number of carbonyl (C=O) groups is 1. The number of hydrogen-bond donors (Lipinski definition) is 2. The number of thiophene rings is 2. The van der Waals surface area contributed by atoms with Crippen LogP contribution in [0.4, 0.5) is 5.69 Å². The van der Waals surface area contributed by atoms with Crippen molar-refractivity contribution >= 4 is 56.4 Å². The average molecular weight is 438 g/mol. The third-order valence-corrected chi connectivity index (χ3v) is 7.64. The summed E-state index contributed by atoms with van der Waals surface area (Å²) in [5.74, 6) is 0.179. The van der Waals surface area contributed by atoms with Gasteiger partial charge in [0.2, 0.25) is 15.9 Å². The maximum atomic E-state index is 12.4. The topological polar surface area (TPSA) is 101 Å². The Kier molecular flexibility index (Phi) is 6.45. The first kappa shape index (κ1) is 20.5. The predicted octanol–water partition coefficient (Wildman–Crippen LogP) is 3.76. The molecule has 0 aliphatic carbocycles. The Bertz CT molecular complexity index is 1080. The summed E-state index contributed by atoms with van der Waals surface area (Å²) >= 11 is 2.75. The van der Waals surface area contributed by atoms with E-state index in [-0.39, 0.29) is 10.1 Å². The van der Waals surface area contributed by atoms with Crippen molar-refractivity contribution in [3.05, 3.63) is 50.9 Å². The second-order valence-electron chi connectivity index (χ2n) is 5.91. The lowest BCUT2D eigenvalue weighted by atomic mass is 10.2. The van der Waals surface area contributed by atoms with E-state index in [4.69, 9.17) is 4.52 Å². The number of rotatable bonds is 8. The van der Waals surface area contributed by atoms with E-state index in [1.807, 2.05) is 17.5 Å². The molecule has 1 amide bonds. The molecule has 3 rings (SSSR count). The highest BCUT2D eigenvalue weighted by atomic mass is 32.2. The van der Waals surface area contributed by atoms with Gasteiger partial charge in [-0.15, -0.1) is 22.7 Å². The van der Waals surface area contributed by atoms with Crippen LogP contribution in [0.5, 0.6) is 0 Å². The first-order valence-electron chi connectivity index (χ1n) is 8.39.